The van der Waals surface area contributed by atoms with Gasteiger partial charge in [0.1, 0.15) is 0 Å². The SMILES string of the molecule is CC(=O)C=C1Sc2ccccc2N1c1ccccc1. The van der Waals surface area contributed by atoms with E-state index in [1.165, 1.54) is 4.90 Å². The lowest BCUT2D eigenvalue weighted by atomic mass is 10.2. The van der Waals surface area contributed by atoms with Gasteiger partial charge >= 0.3 is 0 Å². The van der Waals surface area contributed by atoms with Crippen LogP contribution < -0.4 is 4.90 Å². The molecule has 1 aliphatic heterocycles. The summed E-state index contributed by atoms with van der Waals surface area (Å²) in [6.45, 7) is 1.58. The quantitative estimate of drug-likeness (QED) is 0.754. The average molecular weight is 267 g/mol. The van der Waals surface area contributed by atoms with E-state index in [4.69, 9.17) is 0 Å². The molecule has 0 saturated carbocycles. The second-order valence-electron chi connectivity index (χ2n) is 4.33. The van der Waals surface area contributed by atoms with Gasteiger partial charge < -0.3 is 4.90 Å². The van der Waals surface area contributed by atoms with Crippen molar-refractivity contribution in [2.75, 3.05) is 4.90 Å². The summed E-state index contributed by atoms with van der Waals surface area (Å²) in [5.41, 5.74) is 2.21. The van der Waals surface area contributed by atoms with Gasteiger partial charge in [0.25, 0.3) is 0 Å². The molecule has 3 heteroatoms. The van der Waals surface area contributed by atoms with Crippen molar-refractivity contribution >= 4 is 28.9 Å². The van der Waals surface area contributed by atoms with E-state index in [1.54, 1.807) is 24.8 Å². The minimum Gasteiger partial charge on any atom is -0.303 e. The number of thioether (sulfide) groups is 1. The zero-order valence-electron chi connectivity index (χ0n) is 10.5. The topological polar surface area (TPSA) is 20.3 Å². The summed E-state index contributed by atoms with van der Waals surface area (Å²) in [7, 11) is 0. The van der Waals surface area contributed by atoms with E-state index in [0.29, 0.717) is 0 Å². The van der Waals surface area contributed by atoms with Crippen LogP contribution in [0.15, 0.2) is 70.6 Å². The van der Waals surface area contributed by atoms with Crippen molar-refractivity contribution in [1.29, 1.82) is 0 Å². The highest BCUT2D eigenvalue weighted by atomic mass is 32.2. The summed E-state index contributed by atoms with van der Waals surface area (Å²) in [5.74, 6) is 0.0660. The van der Waals surface area contributed by atoms with Crippen molar-refractivity contribution in [3.8, 4) is 0 Å². The van der Waals surface area contributed by atoms with Gasteiger partial charge in [0.15, 0.2) is 5.78 Å². The number of ketones is 1. The number of nitrogens with zero attached hydrogens (tertiary/aromatic N) is 1. The molecule has 0 radical (unpaired) electrons. The number of benzene rings is 2. The third-order valence-electron chi connectivity index (χ3n) is 2.88. The second-order valence-corrected chi connectivity index (χ2v) is 5.40. The van der Waals surface area contributed by atoms with Crippen molar-refractivity contribution in [2.45, 2.75) is 11.8 Å². The van der Waals surface area contributed by atoms with Gasteiger partial charge in [-0.15, -0.1) is 0 Å². The van der Waals surface area contributed by atoms with E-state index >= 15 is 0 Å². The Hall–Kier alpha value is -2.00. The summed E-state index contributed by atoms with van der Waals surface area (Å²) < 4.78 is 0. The van der Waals surface area contributed by atoms with Crippen LogP contribution in [0.5, 0.6) is 0 Å². The van der Waals surface area contributed by atoms with Crippen LogP contribution in [0.25, 0.3) is 0 Å². The van der Waals surface area contributed by atoms with Crippen molar-refractivity contribution in [1.82, 2.24) is 0 Å². The van der Waals surface area contributed by atoms with Gasteiger partial charge in [-0.1, -0.05) is 42.1 Å². The zero-order chi connectivity index (χ0) is 13.2. The van der Waals surface area contributed by atoms with Gasteiger partial charge in [-0.3, -0.25) is 4.79 Å². The molecule has 0 bridgehead atoms. The van der Waals surface area contributed by atoms with E-state index < -0.39 is 0 Å². The van der Waals surface area contributed by atoms with Gasteiger partial charge in [0, 0.05) is 16.7 Å². The monoisotopic (exact) mass is 267 g/mol. The summed E-state index contributed by atoms with van der Waals surface area (Å²) in [4.78, 5) is 14.7. The Labute approximate surface area is 116 Å². The molecule has 2 nitrogen and oxygen atoms in total. The van der Waals surface area contributed by atoms with Crippen molar-refractivity contribution in [3.05, 3.63) is 65.7 Å². The molecule has 0 fully saturated rings. The van der Waals surface area contributed by atoms with E-state index in [9.17, 15) is 4.79 Å². The Balaban J connectivity index is 2.14. The maximum atomic E-state index is 11.4. The molecule has 0 aliphatic carbocycles. The standard InChI is InChI=1S/C16H13NOS/c1-12(18)11-16-17(13-7-3-2-4-8-13)14-9-5-6-10-15(14)19-16/h2-11H,1H3. The molecular formula is C16H13NOS. The van der Waals surface area contributed by atoms with Crippen molar-refractivity contribution in [2.24, 2.45) is 0 Å². The first-order valence-corrected chi connectivity index (χ1v) is 6.92. The van der Waals surface area contributed by atoms with Crippen LogP contribution >= 0.6 is 11.8 Å². The fourth-order valence-corrected chi connectivity index (χ4v) is 3.27. The van der Waals surface area contributed by atoms with Gasteiger partial charge in [0.05, 0.1) is 10.7 Å². The molecule has 94 valence electrons. The Morgan fingerprint density at radius 2 is 1.74 bits per heavy atom. The van der Waals surface area contributed by atoms with E-state index in [2.05, 4.69) is 29.2 Å². The first-order chi connectivity index (χ1) is 9.25. The smallest absolute Gasteiger partial charge is 0.155 e. The third kappa shape index (κ3) is 2.29. The van der Waals surface area contributed by atoms with E-state index in [1.807, 2.05) is 30.3 Å². The molecular weight excluding hydrogens is 254 g/mol. The Morgan fingerprint density at radius 1 is 1.05 bits per heavy atom. The summed E-state index contributed by atoms with van der Waals surface area (Å²) in [6.07, 6.45) is 1.69. The predicted molar refractivity (Wildman–Crippen MR) is 79.6 cm³/mol. The van der Waals surface area contributed by atoms with Crippen LogP contribution in [0.4, 0.5) is 11.4 Å². The van der Waals surface area contributed by atoms with Crippen LogP contribution in [0.1, 0.15) is 6.92 Å². The van der Waals surface area contributed by atoms with E-state index in [-0.39, 0.29) is 5.78 Å². The lowest BCUT2D eigenvalue weighted by Gasteiger charge is -2.20. The van der Waals surface area contributed by atoms with Gasteiger partial charge in [0.2, 0.25) is 0 Å². The number of carbonyl (C=O) groups excluding carboxylic acids is 1. The lowest BCUT2D eigenvalue weighted by molar-refractivity contribution is -0.112. The van der Waals surface area contributed by atoms with Crippen LogP contribution in [0, 0.1) is 0 Å². The number of para-hydroxylation sites is 2. The highest BCUT2D eigenvalue weighted by Crippen LogP contribution is 2.49. The maximum Gasteiger partial charge on any atom is 0.155 e. The molecule has 0 atom stereocenters. The Kier molecular flexibility index (Phi) is 3.13. The molecule has 0 amide bonds. The molecule has 2 aromatic carbocycles. The molecule has 1 heterocycles. The molecule has 0 N–H and O–H groups in total. The van der Waals surface area contributed by atoms with E-state index in [0.717, 1.165) is 16.4 Å². The van der Waals surface area contributed by atoms with Crippen molar-refractivity contribution in [3.63, 3.8) is 0 Å². The number of rotatable bonds is 2. The van der Waals surface area contributed by atoms with Gasteiger partial charge in [-0.2, -0.15) is 0 Å². The van der Waals surface area contributed by atoms with Crippen LogP contribution in [0.3, 0.4) is 0 Å². The molecule has 0 spiro atoms. The normalized spacial score (nSPS) is 15.6. The van der Waals surface area contributed by atoms with Crippen LogP contribution in [-0.4, -0.2) is 5.78 Å². The fraction of sp³-hybridized carbons (Fsp3) is 0.0625. The minimum atomic E-state index is 0.0660. The lowest BCUT2D eigenvalue weighted by Crippen LogP contribution is -2.10. The Morgan fingerprint density at radius 3 is 2.47 bits per heavy atom. The largest absolute Gasteiger partial charge is 0.303 e. The predicted octanol–water partition coefficient (Wildman–Crippen LogP) is 4.36. The van der Waals surface area contributed by atoms with Gasteiger partial charge in [-0.25, -0.2) is 0 Å². The molecule has 1 aliphatic rings. The number of anilines is 2. The molecule has 0 aromatic heterocycles. The minimum absolute atomic E-state index is 0.0660. The molecule has 0 saturated heterocycles. The Bertz CT molecular complexity index is 649. The molecule has 0 unspecified atom stereocenters. The average Bonchev–Trinajstić information content (AvgIpc) is 2.76. The first kappa shape index (κ1) is 12.1. The van der Waals surface area contributed by atoms with Crippen LogP contribution in [-0.2, 0) is 4.79 Å². The highest BCUT2D eigenvalue weighted by Gasteiger charge is 2.26. The summed E-state index contributed by atoms with van der Waals surface area (Å²) >= 11 is 1.63. The second kappa shape index (κ2) is 4.94. The van der Waals surface area contributed by atoms with Gasteiger partial charge in [-0.05, 0) is 31.2 Å². The summed E-state index contributed by atoms with van der Waals surface area (Å²) in [6, 6.07) is 18.3. The highest BCUT2D eigenvalue weighted by molar-refractivity contribution is 8.03. The first-order valence-electron chi connectivity index (χ1n) is 6.10. The van der Waals surface area contributed by atoms with Crippen molar-refractivity contribution < 1.29 is 4.79 Å². The number of hydrogen-bond acceptors (Lipinski definition) is 3. The third-order valence-corrected chi connectivity index (χ3v) is 3.96. The number of fused-ring (bicyclic) bond motifs is 1. The number of hydrogen-bond donors (Lipinski definition) is 0. The molecule has 19 heavy (non-hydrogen) atoms. The maximum absolute atomic E-state index is 11.4. The number of carbonyl (C=O) groups is 1. The molecule has 2 aromatic rings. The zero-order valence-corrected chi connectivity index (χ0v) is 11.4. The van der Waals surface area contributed by atoms with Crippen LogP contribution in [0.2, 0.25) is 0 Å². The molecule has 3 rings (SSSR count). The number of allylic oxidation sites excluding steroid dienone is 1. The fourth-order valence-electron chi connectivity index (χ4n) is 2.12. The summed E-state index contributed by atoms with van der Waals surface area (Å²) in [5, 5.41) is 0.958.